The second-order valence-electron chi connectivity index (χ2n) is 3.37. The summed E-state index contributed by atoms with van der Waals surface area (Å²) in [7, 11) is 0. The van der Waals surface area contributed by atoms with Crippen molar-refractivity contribution in [1.82, 2.24) is 9.78 Å². The van der Waals surface area contributed by atoms with Gasteiger partial charge < -0.3 is 0 Å². The third-order valence-corrected chi connectivity index (χ3v) is 2.24. The molecule has 74 valence electrons. The Morgan fingerprint density at radius 2 is 2.15 bits per heavy atom. The Labute approximate surface area is 81.0 Å². The average molecular weight is 180 g/mol. The van der Waals surface area contributed by atoms with Crippen LogP contribution in [0.5, 0.6) is 0 Å². The summed E-state index contributed by atoms with van der Waals surface area (Å²) in [6, 6.07) is 0. The molecule has 1 aromatic rings. The summed E-state index contributed by atoms with van der Waals surface area (Å²) in [4.78, 5) is 0. The van der Waals surface area contributed by atoms with Crippen LogP contribution in [0.15, 0.2) is 12.4 Å². The Bertz CT molecular complexity index is 236. The van der Waals surface area contributed by atoms with Gasteiger partial charge in [0.1, 0.15) is 0 Å². The molecule has 0 unspecified atom stereocenters. The van der Waals surface area contributed by atoms with Crippen LogP contribution in [-0.4, -0.2) is 9.78 Å². The molecule has 0 N–H and O–H groups in total. The highest BCUT2D eigenvalue weighted by atomic mass is 15.3. The number of hydrogen-bond acceptors (Lipinski definition) is 1. The minimum atomic E-state index is 0.930. The summed E-state index contributed by atoms with van der Waals surface area (Å²) in [5.74, 6) is 0.930. The third-order valence-electron chi connectivity index (χ3n) is 2.24. The molecule has 0 aliphatic heterocycles. The molecule has 13 heavy (non-hydrogen) atoms. The van der Waals surface area contributed by atoms with Crippen molar-refractivity contribution in [2.75, 3.05) is 0 Å². The summed E-state index contributed by atoms with van der Waals surface area (Å²) >= 11 is 0. The van der Waals surface area contributed by atoms with Crippen LogP contribution in [0.1, 0.15) is 39.2 Å². The number of hydrogen-bond donors (Lipinski definition) is 0. The second-order valence-corrected chi connectivity index (χ2v) is 3.37. The number of aryl methyl sites for hydroxylation is 1. The highest BCUT2D eigenvalue weighted by molar-refractivity contribution is 5.03. The van der Waals surface area contributed by atoms with E-state index in [4.69, 9.17) is 0 Å². The van der Waals surface area contributed by atoms with E-state index >= 15 is 0 Å². The maximum absolute atomic E-state index is 4.28. The molecule has 1 aromatic heterocycles. The van der Waals surface area contributed by atoms with Gasteiger partial charge in [-0.1, -0.05) is 20.8 Å². The molecule has 1 aliphatic rings. The van der Waals surface area contributed by atoms with E-state index in [2.05, 4.69) is 22.9 Å². The molecule has 1 aliphatic carbocycles. The smallest absolute Gasteiger partial charge is 0.0521 e. The lowest BCUT2D eigenvalue weighted by molar-refractivity contribution is 0.563. The predicted octanol–water partition coefficient (Wildman–Crippen LogP) is 2.88. The minimum Gasteiger partial charge on any atom is -0.272 e. The highest BCUT2D eigenvalue weighted by Gasteiger charge is 2.21. The van der Waals surface area contributed by atoms with Crippen LogP contribution in [0.25, 0.3) is 0 Å². The van der Waals surface area contributed by atoms with Crippen molar-refractivity contribution < 1.29 is 0 Å². The van der Waals surface area contributed by atoms with Gasteiger partial charge in [0, 0.05) is 12.7 Å². The fraction of sp³-hybridized carbons (Fsp3) is 0.727. The van der Waals surface area contributed by atoms with Gasteiger partial charge in [0.15, 0.2) is 0 Å². The average Bonchev–Trinajstić information content (AvgIpc) is 2.86. The molecule has 1 heterocycles. The Balaban J connectivity index is 0.000000396. The highest BCUT2D eigenvalue weighted by Crippen LogP contribution is 2.30. The molecule has 1 fully saturated rings. The van der Waals surface area contributed by atoms with E-state index < -0.39 is 0 Å². The van der Waals surface area contributed by atoms with Crippen LogP contribution in [0.2, 0.25) is 0 Å². The summed E-state index contributed by atoms with van der Waals surface area (Å²) < 4.78 is 2.08. The number of rotatable bonds is 3. The van der Waals surface area contributed by atoms with Crippen molar-refractivity contribution in [1.29, 1.82) is 0 Å². The van der Waals surface area contributed by atoms with Crippen molar-refractivity contribution >= 4 is 0 Å². The van der Waals surface area contributed by atoms with Crippen molar-refractivity contribution in [3.8, 4) is 0 Å². The Morgan fingerprint density at radius 1 is 1.46 bits per heavy atom. The molecule has 0 bridgehead atoms. The summed E-state index contributed by atoms with van der Waals surface area (Å²) in [6.07, 6.45) is 8.05. The van der Waals surface area contributed by atoms with E-state index in [1.165, 1.54) is 18.4 Å². The first kappa shape index (κ1) is 10.3. The molecule has 0 radical (unpaired) electrons. The number of nitrogens with zero attached hydrogens (tertiary/aromatic N) is 2. The van der Waals surface area contributed by atoms with Gasteiger partial charge in [-0.2, -0.15) is 5.10 Å². The first-order valence-electron chi connectivity index (χ1n) is 5.40. The standard InChI is InChI=1S/C9H14N2.C2H6/c1-2-8-5-10-11(6-8)7-9-3-4-9;1-2/h5-6,9H,2-4,7H2,1H3;1-2H3. The molecular weight excluding hydrogens is 160 g/mol. The predicted molar refractivity (Wildman–Crippen MR) is 55.7 cm³/mol. The molecular formula is C11H20N2. The van der Waals surface area contributed by atoms with Crippen molar-refractivity contribution in [2.24, 2.45) is 5.92 Å². The maximum atomic E-state index is 4.28. The molecule has 0 amide bonds. The Kier molecular flexibility index (Phi) is 4.00. The molecule has 2 rings (SSSR count). The Hall–Kier alpha value is -0.790. The molecule has 2 heteroatoms. The minimum absolute atomic E-state index is 0.930. The zero-order valence-electron chi connectivity index (χ0n) is 8.95. The van der Waals surface area contributed by atoms with Gasteiger partial charge >= 0.3 is 0 Å². The normalized spacial score (nSPS) is 15.0. The van der Waals surface area contributed by atoms with Crippen LogP contribution >= 0.6 is 0 Å². The van der Waals surface area contributed by atoms with Crippen LogP contribution < -0.4 is 0 Å². The van der Waals surface area contributed by atoms with Gasteiger partial charge in [0.25, 0.3) is 0 Å². The first-order chi connectivity index (χ1) is 6.38. The van der Waals surface area contributed by atoms with E-state index in [1.54, 1.807) is 0 Å². The topological polar surface area (TPSA) is 17.8 Å². The summed E-state index contributed by atoms with van der Waals surface area (Å²) in [5, 5.41) is 4.28. The van der Waals surface area contributed by atoms with E-state index in [0.29, 0.717) is 0 Å². The van der Waals surface area contributed by atoms with Crippen LogP contribution in [-0.2, 0) is 13.0 Å². The Morgan fingerprint density at radius 3 is 2.62 bits per heavy atom. The lowest BCUT2D eigenvalue weighted by atomic mass is 10.3. The van der Waals surface area contributed by atoms with Crippen molar-refractivity contribution in [3.63, 3.8) is 0 Å². The maximum Gasteiger partial charge on any atom is 0.0521 e. The summed E-state index contributed by atoms with van der Waals surface area (Å²) in [5.41, 5.74) is 1.35. The van der Waals surface area contributed by atoms with Crippen LogP contribution in [0.3, 0.4) is 0 Å². The van der Waals surface area contributed by atoms with E-state index in [-0.39, 0.29) is 0 Å². The second kappa shape index (κ2) is 5.05. The zero-order valence-corrected chi connectivity index (χ0v) is 8.95. The van der Waals surface area contributed by atoms with Gasteiger partial charge in [-0.3, -0.25) is 4.68 Å². The molecule has 0 atom stereocenters. The zero-order chi connectivity index (χ0) is 9.68. The van der Waals surface area contributed by atoms with E-state index in [9.17, 15) is 0 Å². The lowest BCUT2D eigenvalue weighted by Crippen LogP contribution is -1.99. The molecule has 0 spiro atoms. The first-order valence-corrected chi connectivity index (χ1v) is 5.40. The largest absolute Gasteiger partial charge is 0.272 e. The molecule has 2 nitrogen and oxygen atoms in total. The van der Waals surface area contributed by atoms with Gasteiger partial charge in [0.05, 0.1) is 6.20 Å². The van der Waals surface area contributed by atoms with E-state index in [0.717, 1.165) is 18.9 Å². The van der Waals surface area contributed by atoms with E-state index in [1.807, 2.05) is 20.0 Å². The van der Waals surface area contributed by atoms with Gasteiger partial charge in [-0.05, 0) is 30.7 Å². The quantitative estimate of drug-likeness (QED) is 0.699. The molecule has 1 saturated carbocycles. The third kappa shape index (κ3) is 3.21. The summed E-state index contributed by atoms with van der Waals surface area (Å²) in [6.45, 7) is 7.30. The lowest BCUT2D eigenvalue weighted by Gasteiger charge is -1.95. The van der Waals surface area contributed by atoms with Gasteiger partial charge in [-0.15, -0.1) is 0 Å². The monoisotopic (exact) mass is 180 g/mol. The fourth-order valence-electron chi connectivity index (χ4n) is 1.25. The van der Waals surface area contributed by atoms with Crippen molar-refractivity contribution in [3.05, 3.63) is 18.0 Å². The van der Waals surface area contributed by atoms with Gasteiger partial charge in [0.2, 0.25) is 0 Å². The van der Waals surface area contributed by atoms with Crippen LogP contribution in [0, 0.1) is 5.92 Å². The number of aromatic nitrogens is 2. The fourth-order valence-corrected chi connectivity index (χ4v) is 1.25. The van der Waals surface area contributed by atoms with Gasteiger partial charge in [-0.25, -0.2) is 0 Å². The van der Waals surface area contributed by atoms with Crippen LogP contribution in [0.4, 0.5) is 0 Å². The molecule has 0 saturated heterocycles. The SMILES string of the molecule is CC.CCc1cnn(CC2CC2)c1. The van der Waals surface area contributed by atoms with Crippen molar-refractivity contribution in [2.45, 2.75) is 46.6 Å². The molecule has 0 aromatic carbocycles.